The number of para-hydroxylation sites is 1. The number of hydrogen-bond donors (Lipinski definition) is 1. The van der Waals surface area contributed by atoms with Crippen LogP contribution in [0.1, 0.15) is 18.6 Å². The van der Waals surface area contributed by atoms with Crippen LogP contribution in [-0.2, 0) is 11.3 Å². The highest BCUT2D eigenvalue weighted by Gasteiger charge is 2.23. The molecule has 0 saturated heterocycles. The first kappa shape index (κ1) is 17.1. The SMILES string of the molecule is O=C(CSc1nnc(NC2CC2)s1)N(Cc1ccco1)c1ccccc1. The molecule has 3 aromatic rings. The molecule has 0 aliphatic heterocycles. The smallest absolute Gasteiger partial charge is 0.237 e. The van der Waals surface area contributed by atoms with Gasteiger partial charge in [-0.15, -0.1) is 10.2 Å². The van der Waals surface area contributed by atoms with Crippen molar-refractivity contribution in [3.63, 3.8) is 0 Å². The lowest BCUT2D eigenvalue weighted by atomic mass is 10.2. The van der Waals surface area contributed by atoms with Gasteiger partial charge in [-0.3, -0.25) is 4.79 Å². The molecule has 8 heteroatoms. The minimum absolute atomic E-state index is 0.00417. The fourth-order valence-electron chi connectivity index (χ4n) is 2.42. The van der Waals surface area contributed by atoms with E-state index in [0.29, 0.717) is 18.3 Å². The summed E-state index contributed by atoms with van der Waals surface area (Å²) < 4.78 is 6.21. The van der Waals surface area contributed by atoms with Crippen LogP contribution in [0.3, 0.4) is 0 Å². The maximum Gasteiger partial charge on any atom is 0.237 e. The molecule has 1 aliphatic carbocycles. The van der Waals surface area contributed by atoms with Gasteiger partial charge >= 0.3 is 0 Å². The molecule has 0 bridgehead atoms. The summed E-state index contributed by atoms with van der Waals surface area (Å²) in [6.07, 6.45) is 4.01. The standard InChI is InChI=1S/C18H18N4O2S2/c23-16(12-25-18-21-20-17(26-18)19-13-8-9-13)22(11-15-7-4-10-24-15)14-5-2-1-3-6-14/h1-7,10,13H,8-9,11-12H2,(H,19,20). The number of benzene rings is 1. The van der Waals surface area contributed by atoms with E-state index in [1.165, 1.54) is 35.9 Å². The molecule has 2 aromatic heterocycles. The van der Waals surface area contributed by atoms with Crippen molar-refractivity contribution in [1.82, 2.24) is 10.2 Å². The highest BCUT2D eigenvalue weighted by molar-refractivity contribution is 8.01. The van der Waals surface area contributed by atoms with Gasteiger partial charge in [0.1, 0.15) is 5.76 Å². The Morgan fingerprint density at radius 3 is 2.81 bits per heavy atom. The number of nitrogens with zero attached hydrogens (tertiary/aromatic N) is 3. The lowest BCUT2D eigenvalue weighted by Crippen LogP contribution is -2.31. The predicted molar refractivity (Wildman–Crippen MR) is 104 cm³/mol. The average molecular weight is 387 g/mol. The summed E-state index contributed by atoms with van der Waals surface area (Å²) in [7, 11) is 0. The number of carbonyl (C=O) groups excluding carboxylic acids is 1. The second-order valence-corrected chi connectivity index (χ2v) is 8.18. The van der Waals surface area contributed by atoms with Gasteiger partial charge in [0.2, 0.25) is 11.0 Å². The van der Waals surface area contributed by atoms with E-state index in [1.54, 1.807) is 11.2 Å². The lowest BCUT2D eigenvalue weighted by molar-refractivity contribution is -0.116. The van der Waals surface area contributed by atoms with Crippen molar-refractivity contribution >= 4 is 39.8 Å². The highest BCUT2D eigenvalue weighted by atomic mass is 32.2. The topological polar surface area (TPSA) is 71.3 Å². The Hall–Kier alpha value is -2.32. The molecule has 4 rings (SSSR count). The third kappa shape index (κ3) is 4.44. The molecule has 6 nitrogen and oxygen atoms in total. The summed E-state index contributed by atoms with van der Waals surface area (Å²) in [5.41, 5.74) is 0.850. The van der Waals surface area contributed by atoms with Crippen LogP contribution in [0, 0.1) is 0 Å². The Bertz CT molecular complexity index is 847. The molecule has 0 radical (unpaired) electrons. The number of carbonyl (C=O) groups is 1. The maximum atomic E-state index is 12.8. The highest BCUT2D eigenvalue weighted by Crippen LogP contribution is 2.30. The van der Waals surface area contributed by atoms with Gasteiger partial charge in [-0.2, -0.15) is 0 Å². The molecule has 1 amide bonds. The second-order valence-electron chi connectivity index (χ2n) is 5.98. The molecule has 1 aromatic carbocycles. The van der Waals surface area contributed by atoms with Crippen LogP contribution < -0.4 is 10.2 Å². The summed E-state index contributed by atoms with van der Waals surface area (Å²) >= 11 is 2.91. The van der Waals surface area contributed by atoms with Crippen molar-refractivity contribution < 1.29 is 9.21 Å². The molecular weight excluding hydrogens is 368 g/mol. The van der Waals surface area contributed by atoms with Crippen LogP contribution in [0.2, 0.25) is 0 Å². The van der Waals surface area contributed by atoms with E-state index >= 15 is 0 Å². The zero-order valence-electron chi connectivity index (χ0n) is 14.0. The second kappa shape index (κ2) is 7.92. The molecule has 1 fully saturated rings. The number of thioether (sulfide) groups is 1. The van der Waals surface area contributed by atoms with E-state index in [2.05, 4.69) is 15.5 Å². The minimum Gasteiger partial charge on any atom is -0.467 e. The number of rotatable bonds is 8. The third-order valence-electron chi connectivity index (χ3n) is 3.89. The van der Waals surface area contributed by atoms with Crippen LogP contribution in [0.25, 0.3) is 0 Å². The molecule has 2 heterocycles. The number of hydrogen-bond acceptors (Lipinski definition) is 7. The molecule has 1 N–H and O–H groups in total. The van der Waals surface area contributed by atoms with Gasteiger partial charge in [0, 0.05) is 11.7 Å². The van der Waals surface area contributed by atoms with Crippen LogP contribution in [0.15, 0.2) is 57.5 Å². The summed E-state index contributed by atoms with van der Waals surface area (Å²) in [5, 5.41) is 12.4. The summed E-state index contributed by atoms with van der Waals surface area (Å²) in [5.74, 6) is 1.05. The Morgan fingerprint density at radius 2 is 2.08 bits per heavy atom. The molecular formula is C18H18N4O2S2. The first-order chi connectivity index (χ1) is 12.8. The van der Waals surface area contributed by atoms with Crippen molar-refractivity contribution in [3.8, 4) is 0 Å². The normalized spacial score (nSPS) is 13.5. The maximum absolute atomic E-state index is 12.8. The van der Waals surface area contributed by atoms with Gasteiger partial charge in [0.25, 0.3) is 0 Å². The molecule has 1 saturated carbocycles. The van der Waals surface area contributed by atoms with Crippen molar-refractivity contribution in [1.29, 1.82) is 0 Å². The third-order valence-corrected chi connectivity index (χ3v) is 5.87. The summed E-state index contributed by atoms with van der Waals surface area (Å²) in [6, 6.07) is 13.9. The fourth-order valence-corrected chi connectivity index (χ4v) is 4.12. The monoisotopic (exact) mass is 386 g/mol. The van der Waals surface area contributed by atoms with Crippen molar-refractivity contribution in [3.05, 3.63) is 54.5 Å². The Balaban J connectivity index is 1.41. The molecule has 0 unspecified atom stereocenters. The van der Waals surface area contributed by atoms with Crippen LogP contribution in [0.4, 0.5) is 10.8 Å². The number of nitrogens with one attached hydrogen (secondary N) is 1. The Labute approximate surface area is 159 Å². The predicted octanol–water partition coefficient (Wildman–Crippen LogP) is 4.03. The van der Waals surface area contributed by atoms with E-state index in [4.69, 9.17) is 4.42 Å². The first-order valence-electron chi connectivity index (χ1n) is 8.38. The number of aromatic nitrogens is 2. The van der Waals surface area contributed by atoms with E-state index in [0.717, 1.165) is 20.9 Å². The van der Waals surface area contributed by atoms with E-state index in [-0.39, 0.29) is 5.91 Å². The fraction of sp³-hybridized carbons (Fsp3) is 0.278. The molecule has 0 atom stereocenters. The first-order valence-corrected chi connectivity index (χ1v) is 10.2. The van der Waals surface area contributed by atoms with Gasteiger partial charge in [0.05, 0.1) is 18.6 Å². The van der Waals surface area contributed by atoms with E-state index in [9.17, 15) is 4.79 Å². The van der Waals surface area contributed by atoms with Gasteiger partial charge in [0.15, 0.2) is 4.34 Å². The van der Waals surface area contributed by atoms with Crippen LogP contribution >= 0.6 is 23.1 Å². The zero-order chi connectivity index (χ0) is 17.8. The van der Waals surface area contributed by atoms with E-state index < -0.39 is 0 Å². The van der Waals surface area contributed by atoms with Gasteiger partial charge < -0.3 is 14.6 Å². The van der Waals surface area contributed by atoms with Crippen molar-refractivity contribution in [2.45, 2.75) is 29.8 Å². The van der Waals surface area contributed by atoms with E-state index in [1.807, 2.05) is 42.5 Å². The number of amides is 1. The molecule has 0 spiro atoms. The minimum atomic E-state index is 0.00417. The zero-order valence-corrected chi connectivity index (χ0v) is 15.6. The molecule has 1 aliphatic rings. The van der Waals surface area contributed by atoms with Gasteiger partial charge in [-0.1, -0.05) is 41.3 Å². The Kier molecular flexibility index (Phi) is 5.21. The van der Waals surface area contributed by atoms with Crippen molar-refractivity contribution in [2.75, 3.05) is 16.0 Å². The molecule has 26 heavy (non-hydrogen) atoms. The molecule has 134 valence electrons. The quantitative estimate of drug-likeness (QED) is 0.589. The van der Waals surface area contributed by atoms with Crippen LogP contribution in [0.5, 0.6) is 0 Å². The lowest BCUT2D eigenvalue weighted by Gasteiger charge is -2.21. The summed E-state index contributed by atoms with van der Waals surface area (Å²) in [6.45, 7) is 0.404. The average Bonchev–Trinajstić information content (AvgIpc) is 3.14. The van der Waals surface area contributed by atoms with Gasteiger partial charge in [-0.05, 0) is 37.1 Å². The van der Waals surface area contributed by atoms with Crippen molar-refractivity contribution in [2.24, 2.45) is 0 Å². The number of furan rings is 1. The summed E-state index contributed by atoms with van der Waals surface area (Å²) in [4.78, 5) is 14.6. The number of anilines is 2. The Morgan fingerprint density at radius 1 is 1.23 bits per heavy atom. The largest absolute Gasteiger partial charge is 0.467 e. The van der Waals surface area contributed by atoms with Gasteiger partial charge in [-0.25, -0.2) is 0 Å². The van der Waals surface area contributed by atoms with Crippen LogP contribution in [-0.4, -0.2) is 27.9 Å².